The fourth-order valence-corrected chi connectivity index (χ4v) is 6.90. The third-order valence-corrected chi connectivity index (χ3v) is 7.10. The van der Waals surface area contributed by atoms with E-state index < -0.39 is 10.8 Å². The Labute approximate surface area is 111 Å². The minimum Gasteiger partial charge on any atom is -0.260 e. The third-order valence-electron chi connectivity index (χ3n) is 5.41. The van der Waals surface area contributed by atoms with Crippen molar-refractivity contribution >= 4 is 10.8 Å². The van der Waals surface area contributed by atoms with Crippen molar-refractivity contribution in [3.63, 3.8) is 0 Å². The average Bonchev–Trinajstić information content (AvgIpc) is 2.71. The topological polar surface area (TPSA) is 17.1 Å². The second-order valence-corrected chi connectivity index (χ2v) is 7.58. The molecule has 0 amide bonds. The summed E-state index contributed by atoms with van der Waals surface area (Å²) in [5, 5.41) is 0. The largest absolute Gasteiger partial charge is 0.260 e. The van der Waals surface area contributed by atoms with E-state index in [-0.39, 0.29) is 5.41 Å². The molecule has 0 saturated carbocycles. The molecule has 94 valence electrons. The predicted molar refractivity (Wildman–Crippen MR) is 75.1 cm³/mol. The van der Waals surface area contributed by atoms with Crippen LogP contribution in [-0.4, -0.2) is 15.7 Å². The molecule has 0 aromatic heterocycles. The Morgan fingerprint density at radius 2 is 1.89 bits per heavy atom. The Kier molecular flexibility index (Phi) is 2.18. The second kappa shape index (κ2) is 3.57. The molecule has 18 heavy (non-hydrogen) atoms. The van der Waals surface area contributed by atoms with Gasteiger partial charge >= 0.3 is 0 Å². The van der Waals surface area contributed by atoms with Crippen LogP contribution < -0.4 is 0 Å². The van der Waals surface area contributed by atoms with Crippen molar-refractivity contribution in [2.45, 2.75) is 31.1 Å². The molecule has 2 aliphatic carbocycles. The van der Waals surface area contributed by atoms with Crippen molar-refractivity contribution in [1.82, 2.24) is 0 Å². The molecule has 0 spiro atoms. The molecule has 0 unspecified atom stereocenters. The van der Waals surface area contributed by atoms with Gasteiger partial charge in [0.05, 0.1) is 0 Å². The maximum atomic E-state index is 12.3. The Bertz CT molecular complexity index is 562. The first-order valence-corrected chi connectivity index (χ1v) is 8.33. The smallest absolute Gasteiger partial charge is 0.0341 e. The fraction of sp³-hybridized carbons (Fsp3) is 0.500. The first-order valence-electron chi connectivity index (χ1n) is 6.84. The maximum Gasteiger partial charge on any atom is 0.0341 e. The highest BCUT2D eigenvalue weighted by molar-refractivity contribution is 7.85. The van der Waals surface area contributed by atoms with E-state index in [9.17, 15) is 4.21 Å². The summed E-state index contributed by atoms with van der Waals surface area (Å²) in [7, 11) is -0.628. The van der Waals surface area contributed by atoms with Gasteiger partial charge in [0, 0.05) is 27.7 Å². The molecular formula is C16H18OS. The van der Waals surface area contributed by atoms with Crippen LogP contribution in [0.3, 0.4) is 0 Å². The number of allylic oxidation sites excluding steroid dienone is 2. The zero-order valence-corrected chi connectivity index (χ0v) is 11.3. The molecule has 1 aromatic carbocycles. The number of rotatable bonds is 0. The van der Waals surface area contributed by atoms with E-state index in [0.29, 0.717) is 5.41 Å². The normalized spacial score (nSPS) is 41.0. The van der Waals surface area contributed by atoms with Crippen LogP contribution >= 0.6 is 0 Å². The zero-order chi connectivity index (χ0) is 12.2. The molecule has 3 aliphatic rings. The molecule has 4 rings (SSSR count). The fourth-order valence-electron chi connectivity index (χ4n) is 4.51. The molecule has 1 saturated heterocycles. The van der Waals surface area contributed by atoms with Gasteiger partial charge in [-0.2, -0.15) is 0 Å². The molecule has 1 heterocycles. The summed E-state index contributed by atoms with van der Waals surface area (Å²) >= 11 is 0. The quantitative estimate of drug-likeness (QED) is 0.654. The summed E-state index contributed by atoms with van der Waals surface area (Å²) in [5.74, 6) is 1.81. The lowest BCUT2D eigenvalue weighted by Crippen LogP contribution is -2.49. The number of fused-ring (bicyclic) bond motifs is 1. The highest BCUT2D eigenvalue weighted by Crippen LogP contribution is 2.60. The lowest BCUT2D eigenvalue weighted by Gasteiger charge is -2.51. The van der Waals surface area contributed by atoms with E-state index in [1.807, 2.05) is 0 Å². The Morgan fingerprint density at radius 1 is 1.06 bits per heavy atom. The van der Waals surface area contributed by atoms with Crippen LogP contribution in [0.4, 0.5) is 0 Å². The maximum absolute atomic E-state index is 12.3. The molecule has 0 N–H and O–H groups in total. The molecule has 0 radical (unpaired) electrons. The van der Waals surface area contributed by atoms with Gasteiger partial charge in [-0.1, -0.05) is 36.4 Å². The van der Waals surface area contributed by atoms with E-state index in [4.69, 9.17) is 0 Å². The summed E-state index contributed by atoms with van der Waals surface area (Å²) in [4.78, 5) is 0. The molecule has 1 aromatic rings. The molecule has 2 heteroatoms. The summed E-state index contributed by atoms with van der Waals surface area (Å²) in [6.45, 7) is 0. The summed E-state index contributed by atoms with van der Waals surface area (Å²) in [6, 6.07) is 8.87. The molecule has 1 aliphatic heterocycles. The van der Waals surface area contributed by atoms with Gasteiger partial charge in [-0.3, -0.25) is 4.21 Å². The number of hydrogen-bond acceptors (Lipinski definition) is 1. The SMILES string of the molecule is O=[S@]1C[C@@]23CC=CC[C@@]2(C1)c1ccccc1CC3. The van der Waals surface area contributed by atoms with Crippen molar-refractivity contribution in [1.29, 1.82) is 0 Å². The van der Waals surface area contributed by atoms with Gasteiger partial charge < -0.3 is 0 Å². The standard InChI is InChI=1S/C16H18OS/c17-18-11-15-8-3-4-9-16(15,12-18)14-6-2-1-5-13(14)7-10-15/h1-6H,7-12H2/t15-,16+,18-/m0/s1. The van der Waals surface area contributed by atoms with Crippen molar-refractivity contribution in [2.24, 2.45) is 5.41 Å². The van der Waals surface area contributed by atoms with Gasteiger partial charge in [0.25, 0.3) is 0 Å². The second-order valence-electron chi connectivity index (χ2n) is 6.13. The van der Waals surface area contributed by atoms with Crippen LogP contribution in [-0.2, 0) is 22.6 Å². The number of hydrogen-bond donors (Lipinski definition) is 0. The van der Waals surface area contributed by atoms with Gasteiger partial charge in [0.2, 0.25) is 0 Å². The van der Waals surface area contributed by atoms with Gasteiger partial charge in [-0.05, 0) is 42.2 Å². The minimum absolute atomic E-state index is 0.182. The van der Waals surface area contributed by atoms with E-state index >= 15 is 0 Å². The number of aryl methyl sites for hydroxylation is 1. The molecule has 1 fully saturated rings. The molecule has 3 atom stereocenters. The predicted octanol–water partition coefficient (Wildman–Crippen LogP) is 2.97. The van der Waals surface area contributed by atoms with Crippen LogP contribution in [0.15, 0.2) is 36.4 Å². The van der Waals surface area contributed by atoms with Crippen molar-refractivity contribution in [3.8, 4) is 0 Å². The lowest BCUT2D eigenvalue weighted by molar-refractivity contribution is 0.142. The van der Waals surface area contributed by atoms with Crippen LogP contribution in [0.25, 0.3) is 0 Å². The molecular weight excluding hydrogens is 240 g/mol. The van der Waals surface area contributed by atoms with Gasteiger partial charge in [-0.25, -0.2) is 0 Å². The van der Waals surface area contributed by atoms with Gasteiger partial charge in [-0.15, -0.1) is 0 Å². The zero-order valence-electron chi connectivity index (χ0n) is 10.5. The van der Waals surface area contributed by atoms with Crippen LogP contribution in [0, 0.1) is 5.41 Å². The summed E-state index contributed by atoms with van der Waals surface area (Å²) in [5.41, 5.74) is 3.48. The molecule has 1 nitrogen and oxygen atoms in total. The monoisotopic (exact) mass is 258 g/mol. The lowest BCUT2D eigenvalue weighted by atomic mass is 9.51. The van der Waals surface area contributed by atoms with E-state index in [1.165, 1.54) is 24.0 Å². The van der Waals surface area contributed by atoms with Gasteiger partial charge in [0.15, 0.2) is 0 Å². The average molecular weight is 258 g/mol. The van der Waals surface area contributed by atoms with Crippen LogP contribution in [0.2, 0.25) is 0 Å². The van der Waals surface area contributed by atoms with E-state index in [1.54, 1.807) is 0 Å². The first kappa shape index (κ1) is 11.0. The number of benzene rings is 1. The van der Waals surface area contributed by atoms with E-state index in [0.717, 1.165) is 24.3 Å². The highest BCUT2D eigenvalue weighted by atomic mass is 32.2. The summed E-state index contributed by atoms with van der Waals surface area (Å²) in [6.07, 6.45) is 9.27. The molecule has 0 bridgehead atoms. The van der Waals surface area contributed by atoms with Crippen LogP contribution in [0.5, 0.6) is 0 Å². The minimum atomic E-state index is -0.628. The van der Waals surface area contributed by atoms with Crippen molar-refractivity contribution in [3.05, 3.63) is 47.5 Å². The van der Waals surface area contributed by atoms with Crippen molar-refractivity contribution in [2.75, 3.05) is 11.5 Å². The first-order chi connectivity index (χ1) is 8.76. The van der Waals surface area contributed by atoms with Gasteiger partial charge in [0.1, 0.15) is 0 Å². The highest BCUT2D eigenvalue weighted by Gasteiger charge is 2.60. The third kappa shape index (κ3) is 1.20. The Hall–Kier alpha value is -0.890. The van der Waals surface area contributed by atoms with Crippen LogP contribution in [0.1, 0.15) is 30.4 Å². The Balaban J connectivity index is 1.99. The Morgan fingerprint density at radius 3 is 2.83 bits per heavy atom. The van der Waals surface area contributed by atoms with E-state index in [2.05, 4.69) is 36.4 Å². The summed E-state index contributed by atoms with van der Waals surface area (Å²) < 4.78 is 12.3. The van der Waals surface area contributed by atoms with Crippen molar-refractivity contribution < 1.29 is 4.21 Å².